The SMILES string of the molecule is Cc1cn(C2OC(CO)C(O)C2(C)O)c2ncnc(Cl)c12. The Balaban J connectivity index is 2.15. The maximum absolute atomic E-state index is 10.5. The molecule has 2 aromatic rings. The molecule has 0 radical (unpaired) electrons. The average molecular weight is 314 g/mol. The standard InChI is InChI=1S/C13H16ClN3O4/c1-6-3-17(11-8(6)10(14)15-5-16-11)12-13(2,20)9(19)7(4-18)21-12/h3,5,7,9,12,18-20H,4H2,1-2H3. The molecule has 1 aliphatic heterocycles. The van der Waals surface area contributed by atoms with Crippen molar-refractivity contribution in [2.24, 2.45) is 0 Å². The number of aromatic nitrogens is 3. The van der Waals surface area contributed by atoms with Gasteiger partial charge in [0.1, 0.15) is 34.9 Å². The van der Waals surface area contributed by atoms with E-state index in [2.05, 4.69) is 9.97 Å². The van der Waals surface area contributed by atoms with Crippen LogP contribution < -0.4 is 0 Å². The second-order valence-electron chi connectivity index (χ2n) is 5.46. The molecular formula is C13H16ClN3O4. The molecule has 4 atom stereocenters. The fourth-order valence-corrected chi connectivity index (χ4v) is 3.07. The van der Waals surface area contributed by atoms with E-state index in [0.29, 0.717) is 16.2 Å². The Hall–Kier alpha value is -1.25. The van der Waals surface area contributed by atoms with Gasteiger partial charge in [0.2, 0.25) is 0 Å². The number of fused-ring (bicyclic) bond motifs is 1. The van der Waals surface area contributed by atoms with Gasteiger partial charge < -0.3 is 24.6 Å². The molecule has 3 rings (SSSR count). The molecule has 2 aromatic heterocycles. The Kier molecular flexibility index (Phi) is 3.42. The van der Waals surface area contributed by atoms with Crippen LogP contribution in [-0.4, -0.2) is 54.3 Å². The number of rotatable bonds is 2. The Morgan fingerprint density at radius 2 is 2.19 bits per heavy atom. The quantitative estimate of drug-likeness (QED) is 0.694. The van der Waals surface area contributed by atoms with Gasteiger partial charge in [0.25, 0.3) is 0 Å². The molecule has 0 aliphatic carbocycles. The molecule has 0 spiro atoms. The molecule has 0 saturated carbocycles. The van der Waals surface area contributed by atoms with Crippen LogP contribution in [-0.2, 0) is 4.74 Å². The third-order valence-electron chi connectivity index (χ3n) is 3.94. The van der Waals surface area contributed by atoms with Crippen LogP contribution in [0.3, 0.4) is 0 Å². The predicted molar refractivity (Wildman–Crippen MR) is 74.9 cm³/mol. The summed E-state index contributed by atoms with van der Waals surface area (Å²) < 4.78 is 7.20. The van der Waals surface area contributed by atoms with Crippen molar-refractivity contribution >= 4 is 22.6 Å². The van der Waals surface area contributed by atoms with Gasteiger partial charge >= 0.3 is 0 Å². The van der Waals surface area contributed by atoms with Gasteiger partial charge in [-0.2, -0.15) is 0 Å². The lowest BCUT2D eigenvalue weighted by Gasteiger charge is -2.27. The van der Waals surface area contributed by atoms with Crippen LogP contribution in [0.5, 0.6) is 0 Å². The Morgan fingerprint density at radius 1 is 1.48 bits per heavy atom. The molecule has 0 aromatic carbocycles. The fourth-order valence-electron chi connectivity index (χ4n) is 2.79. The van der Waals surface area contributed by atoms with Crippen molar-refractivity contribution in [3.05, 3.63) is 23.2 Å². The van der Waals surface area contributed by atoms with Gasteiger partial charge in [-0.15, -0.1) is 0 Å². The summed E-state index contributed by atoms with van der Waals surface area (Å²) in [6, 6.07) is 0. The normalized spacial score (nSPS) is 33.0. The van der Waals surface area contributed by atoms with E-state index in [1.54, 1.807) is 10.8 Å². The summed E-state index contributed by atoms with van der Waals surface area (Å²) in [6.07, 6.45) is 0.107. The zero-order valence-corrected chi connectivity index (χ0v) is 12.3. The number of hydrogen-bond donors (Lipinski definition) is 3. The fraction of sp³-hybridized carbons (Fsp3) is 0.538. The molecule has 1 saturated heterocycles. The first-order chi connectivity index (χ1) is 9.87. The summed E-state index contributed by atoms with van der Waals surface area (Å²) in [7, 11) is 0. The van der Waals surface area contributed by atoms with Crippen molar-refractivity contribution in [2.45, 2.75) is 37.9 Å². The van der Waals surface area contributed by atoms with Gasteiger partial charge in [0.05, 0.1) is 12.0 Å². The van der Waals surface area contributed by atoms with E-state index in [9.17, 15) is 15.3 Å². The lowest BCUT2D eigenvalue weighted by atomic mass is 9.96. The largest absolute Gasteiger partial charge is 0.394 e. The first-order valence-electron chi connectivity index (χ1n) is 6.52. The van der Waals surface area contributed by atoms with E-state index in [1.807, 2.05) is 6.92 Å². The third kappa shape index (κ3) is 2.04. The summed E-state index contributed by atoms with van der Waals surface area (Å²) in [5.41, 5.74) is -0.232. The minimum Gasteiger partial charge on any atom is -0.394 e. The van der Waals surface area contributed by atoms with Gasteiger partial charge in [0, 0.05) is 6.20 Å². The summed E-state index contributed by atoms with van der Waals surface area (Å²) in [4.78, 5) is 8.12. The Morgan fingerprint density at radius 3 is 2.81 bits per heavy atom. The number of nitrogens with zero attached hydrogens (tertiary/aromatic N) is 3. The number of halogens is 1. The maximum Gasteiger partial charge on any atom is 0.167 e. The number of aryl methyl sites for hydroxylation is 1. The van der Waals surface area contributed by atoms with Crippen LogP contribution in [0.25, 0.3) is 11.0 Å². The highest BCUT2D eigenvalue weighted by atomic mass is 35.5. The van der Waals surface area contributed by atoms with Gasteiger partial charge in [-0.3, -0.25) is 0 Å². The van der Waals surface area contributed by atoms with Crippen LogP contribution in [0.1, 0.15) is 18.7 Å². The van der Waals surface area contributed by atoms with E-state index in [-0.39, 0.29) is 6.61 Å². The van der Waals surface area contributed by atoms with Crippen LogP contribution >= 0.6 is 11.6 Å². The van der Waals surface area contributed by atoms with Crippen LogP contribution in [0.4, 0.5) is 0 Å². The molecule has 7 nitrogen and oxygen atoms in total. The van der Waals surface area contributed by atoms with Crippen molar-refractivity contribution < 1.29 is 20.1 Å². The third-order valence-corrected chi connectivity index (χ3v) is 4.23. The van der Waals surface area contributed by atoms with E-state index in [4.69, 9.17) is 16.3 Å². The molecule has 3 heterocycles. The minimum atomic E-state index is -1.57. The molecule has 4 unspecified atom stereocenters. The number of aliphatic hydroxyl groups is 3. The molecule has 3 N–H and O–H groups in total. The average Bonchev–Trinajstić information content (AvgIpc) is 2.87. The van der Waals surface area contributed by atoms with Crippen LogP contribution in [0.15, 0.2) is 12.5 Å². The summed E-state index contributed by atoms with van der Waals surface area (Å²) in [5.74, 6) is 0. The lowest BCUT2D eigenvalue weighted by molar-refractivity contribution is -0.0948. The minimum absolute atomic E-state index is 0.313. The first-order valence-corrected chi connectivity index (χ1v) is 6.90. The molecular weight excluding hydrogens is 298 g/mol. The molecule has 0 bridgehead atoms. The second kappa shape index (κ2) is 4.89. The molecule has 1 aliphatic rings. The summed E-state index contributed by atoms with van der Waals surface area (Å²) >= 11 is 6.08. The Bertz CT molecular complexity index is 687. The number of aliphatic hydroxyl groups excluding tert-OH is 2. The topological polar surface area (TPSA) is 101 Å². The van der Waals surface area contributed by atoms with Gasteiger partial charge in [-0.1, -0.05) is 11.6 Å². The molecule has 8 heteroatoms. The highest BCUT2D eigenvalue weighted by Crippen LogP contribution is 2.40. The van der Waals surface area contributed by atoms with Crippen LogP contribution in [0, 0.1) is 6.92 Å². The number of hydrogen-bond acceptors (Lipinski definition) is 6. The highest BCUT2D eigenvalue weighted by Gasteiger charge is 2.53. The van der Waals surface area contributed by atoms with Crippen molar-refractivity contribution in [3.8, 4) is 0 Å². The maximum atomic E-state index is 10.5. The van der Waals surface area contributed by atoms with Crippen molar-refractivity contribution in [3.63, 3.8) is 0 Å². The molecule has 0 amide bonds. The zero-order valence-electron chi connectivity index (χ0n) is 11.6. The molecule has 114 valence electrons. The number of ether oxygens (including phenoxy) is 1. The zero-order chi connectivity index (χ0) is 15.4. The Labute approximate surface area is 125 Å². The molecule has 21 heavy (non-hydrogen) atoms. The first kappa shape index (κ1) is 14.7. The smallest absolute Gasteiger partial charge is 0.167 e. The van der Waals surface area contributed by atoms with E-state index >= 15 is 0 Å². The van der Waals surface area contributed by atoms with Gasteiger partial charge in [-0.25, -0.2) is 9.97 Å². The highest BCUT2D eigenvalue weighted by molar-refractivity contribution is 6.34. The van der Waals surface area contributed by atoms with E-state index < -0.39 is 24.0 Å². The predicted octanol–water partition coefficient (Wildman–Crippen LogP) is 0.395. The van der Waals surface area contributed by atoms with Crippen molar-refractivity contribution in [2.75, 3.05) is 6.61 Å². The van der Waals surface area contributed by atoms with E-state index in [1.165, 1.54) is 13.3 Å². The lowest BCUT2D eigenvalue weighted by Crippen LogP contribution is -2.44. The van der Waals surface area contributed by atoms with Gasteiger partial charge in [0.15, 0.2) is 6.23 Å². The summed E-state index contributed by atoms with van der Waals surface area (Å²) in [6.45, 7) is 2.92. The van der Waals surface area contributed by atoms with Crippen molar-refractivity contribution in [1.29, 1.82) is 0 Å². The molecule has 1 fully saturated rings. The monoisotopic (exact) mass is 313 g/mol. The van der Waals surface area contributed by atoms with E-state index in [0.717, 1.165) is 5.56 Å². The summed E-state index contributed by atoms with van der Waals surface area (Å²) in [5, 5.41) is 30.8. The second-order valence-corrected chi connectivity index (χ2v) is 5.82. The van der Waals surface area contributed by atoms with Crippen molar-refractivity contribution in [1.82, 2.24) is 14.5 Å². The van der Waals surface area contributed by atoms with Gasteiger partial charge in [-0.05, 0) is 19.4 Å². The van der Waals surface area contributed by atoms with Crippen LogP contribution in [0.2, 0.25) is 5.15 Å².